The number of hydrogen-bond donors (Lipinski definition) is 1. The molecule has 0 saturated heterocycles. The molecule has 0 aromatic carbocycles. The van der Waals surface area contributed by atoms with Gasteiger partial charge in [0.15, 0.2) is 11.7 Å². The monoisotopic (exact) mass is 417 g/mol. The van der Waals surface area contributed by atoms with Crippen molar-refractivity contribution in [2.75, 3.05) is 13.6 Å². The van der Waals surface area contributed by atoms with Crippen LogP contribution in [0, 0.1) is 0 Å². The fourth-order valence-electron chi connectivity index (χ4n) is 2.88. The topological polar surface area (TPSA) is 53.4 Å². The Balaban J connectivity index is 1.67. The van der Waals surface area contributed by atoms with E-state index in [1.807, 2.05) is 18.9 Å². The zero-order chi connectivity index (χ0) is 19.4. The van der Waals surface area contributed by atoms with E-state index < -0.39 is 11.9 Å². The van der Waals surface area contributed by atoms with Crippen molar-refractivity contribution < 1.29 is 13.2 Å². The average Bonchev–Trinajstić information content (AvgIpc) is 3.24. The second-order valence-corrected chi connectivity index (χ2v) is 8.45. The van der Waals surface area contributed by atoms with Gasteiger partial charge in [0, 0.05) is 23.8 Å². The maximum atomic E-state index is 12.7. The summed E-state index contributed by atoms with van der Waals surface area (Å²) in [5.74, 6) is 0.634. The lowest BCUT2D eigenvalue weighted by Crippen LogP contribution is -2.38. The Morgan fingerprint density at radius 3 is 2.70 bits per heavy atom. The van der Waals surface area contributed by atoms with Gasteiger partial charge in [0.1, 0.15) is 10.0 Å². The van der Waals surface area contributed by atoms with Crippen LogP contribution in [0.3, 0.4) is 0 Å². The number of hydrogen-bond acceptors (Lipinski definition) is 5. The lowest BCUT2D eigenvalue weighted by Gasteiger charge is -2.20. The normalized spacial score (nSPS) is 14.9. The number of rotatable bonds is 5. The highest BCUT2D eigenvalue weighted by molar-refractivity contribution is 7.11. The maximum absolute atomic E-state index is 12.7. The van der Waals surface area contributed by atoms with Crippen molar-refractivity contribution in [3.8, 4) is 0 Å². The Hall–Kier alpha value is -1.68. The van der Waals surface area contributed by atoms with Crippen molar-refractivity contribution in [2.45, 2.75) is 51.9 Å². The molecule has 10 heteroatoms. The number of aromatic nitrogens is 2. The molecule has 148 valence electrons. The van der Waals surface area contributed by atoms with E-state index in [0.717, 1.165) is 34.6 Å². The molecular weight excluding hydrogens is 395 g/mol. The molecule has 1 N–H and O–H groups in total. The molecule has 0 unspecified atom stereocenters. The average molecular weight is 418 g/mol. The first-order valence-corrected chi connectivity index (χ1v) is 10.5. The molecule has 2 aromatic rings. The Labute approximate surface area is 164 Å². The molecule has 1 aliphatic carbocycles. The minimum absolute atomic E-state index is 0.113. The van der Waals surface area contributed by atoms with Gasteiger partial charge in [0.25, 0.3) is 0 Å². The van der Waals surface area contributed by atoms with Crippen molar-refractivity contribution in [3.05, 3.63) is 31.7 Å². The van der Waals surface area contributed by atoms with E-state index in [1.165, 1.54) is 23.4 Å². The predicted molar refractivity (Wildman–Crippen MR) is 102 cm³/mol. The van der Waals surface area contributed by atoms with E-state index in [4.69, 9.17) is 4.98 Å². The number of halogens is 3. The number of nitrogens with one attached hydrogen (secondary N) is 1. The SMILES string of the molecule is CCNC(=NCc1nc(C(F)(F)F)cs1)N(C)Cc1nc2c(s1)CCCC2. The highest BCUT2D eigenvalue weighted by atomic mass is 32.1. The second kappa shape index (κ2) is 8.55. The van der Waals surface area contributed by atoms with Crippen LogP contribution < -0.4 is 5.32 Å². The summed E-state index contributed by atoms with van der Waals surface area (Å²) in [6.07, 6.45) is 0.168. The number of fused-ring (bicyclic) bond motifs is 1. The van der Waals surface area contributed by atoms with Crippen LogP contribution in [0.1, 0.15) is 46.0 Å². The van der Waals surface area contributed by atoms with Gasteiger partial charge in [-0.25, -0.2) is 15.0 Å². The summed E-state index contributed by atoms with van der Waals surface area (Å²) in [5, 5.41) is 5.60. The third kappa shape index (κ3) is 5.19. The summed E-state index contributed by atoms with van der Waals surface area (Å²) < 4.78 is 38.0. The van der Waals surface area contributed by atoms with Gasteiger partial charge < -0.3 is 10.2 Å². The minimum atomic E-state index is -4.41. The Morgan fingerprint density at radius 2 is 2.04 bits per heavy atom. The van der Waals surface area contributed by atoms with Crippen LogP contribution in [-0.2, 0) is 32.1 Å². The molecule has 0 saturated carbocycles. The number of nitrogens with zero attached hydrogens (tertiary/aromatic N) is 4. The van der Waals surface area contributed by atoms with E-state index in [2.05, 4.69) is 15.3 Å². The molecule has 3 rings (SSSR count). The molecule has 1 aliphatic rings. The van der Waals surface area contributed by atoms with Crippen molar-refractivity contribution in [3.63, 3.8) is 0 Å². The molecule has 0 radical (unpaired) electrons. The molecule has 0 fully saturated rings. The van der Waals surface area contributed by atoms with Crippen molar-refractivity contribution in [1.29, 1.82) is 0 Å². The van der Waals surface area contributed by atoms with Crippen LogP contribution in [0.4, 0.5) is 13.2 Å². The number of thiazole rings is 2. The lowest BCUT2D eigenvalue weighted by atomic mass is 10.0. The van der Waals surface area contributed by atoms with Gasteiger partial charge in [0.05, 0.1) is 18.8 Å². The van der Waals surface area contributed by atoms with E-state index >= 15 is 0 Å². The first-order valence-electron chi connectivity index (χ1n) is 8.85. The van der Waals surface area contributed by atoms with Crippen LogP contribution >= 0.6 is 22.7 Å². The molecule has 0 atom stereocenters. The number of alkyl halides is 3. The molecular formula is C17H22F3N5S2. The predicted octanol–water partition coefficient (Wildman–Crippen LogP) is 4.09. The van der Waals surface area contributed by atoms with Gasteiger partial charge in [-0.15, -0.1) is 22.7 Å². The van der Waals surface area contributed by atoms with Crippen LogP contribution in [0.25, 0.3) is 0 Å². The van der Waals surface area contributed by atoms with E-state index in [1.54, 1.807) is 11.3 Å². The smallest absolute Gasteiger partial charge is 0.357 e. The first kappa shape index (κ1) is 20.1. The molecule has 0 bridgehead atoms. The maximum Gasteiger partial charge on any atom is 0.434 e. The third-order valence-corrected chi connectivity index (χ3v) is 6.14. The summed E-state index contributed by atoms with van der Waals surface area (Å²) in [6.45, 7) is 3.36. The van der Waals surface area contributed by atoms with Crippen molar-refractivity contribution in [1.82, 2.24) is 20.2 Å². The quantitative estimate of drug-likeness (QED) is 0.588. The summed E-state index contributed by atoms with van der Waals surface area (Å²) in [4.78, 5) is 16.2. The van der Waals surface area contributed by atoms with Gasteiger partial charge in [-0.1, -0.05) is 0 Å². The van der Waals surface area contributed by atoms with Crippen LogP contribution in [0.15, 0.2) is 10.4 Å². The second-order valence-electron chi connectivity index (χ2n) is 6.34. The van der Waals surface area contributed by atoms with Gasteiger partial charge in [-0.05, 0) is 32.6 Å². The third-order valence-electron chi connectivity index (χ3n) is 4.17. The molecule has 2 heterocycles. The molecule has 5 nitrogen and oxygen atoms in total. The van der Waals surface area contributed by atoms with E-state index in [9.17, 15) is 13.2 Å². The lowest BCUT2D eigenvalue weighted by molar-refractivity contribution is -0.140. The molecule has 0 amide bonds. The Bertz CT molecular complexity index is 773. The summed E-state index contributed by atoms with van der Waals surface area (Å²) in [6, 6.07) is 0. The zero-order valence-electron chi connectivity index (χ0n) is 15.3. The first-order chi connectivity index (χ1) is 12.9. The van der Waals surface area contributed by atoms with Crippen LogP contribution in [0.2, 0.25) is 0 Å². The molecule has 27 heavy (non-hydrogen) atoms. The number of aliphatic imine (C=N–C) groups is 1. The largest absolute Gasteiger partial charge is 0.434 e. The molecule has 2 aromatic heterocycles. The zero-order valence-corrected chi connectivity index (χ0v) is 16.9. The summed E-state index contributed by atoms with van der Waals surface area (Å²) in [5.41, 5.74) is 0.364. The minimum Gasteiger partial charge on any atom is -0.357 e. The fraction of sp³-hybridized carbons (Fsp3) is 0.588. The summed E-state index contributed by atoms with van der Waals surface area (Å²) >= 11 is 2.72. The summed E-state index contributed by atoms with van der Waals surface area (Å²) in [7, 11) is 1.91. The van der Waals surface area contributed by atoms with Gasteiger partial charge in [0.2, 0.25) is 0 Å². The Morgan fingerprint density at radius 1 is 1.26 bits per heavy atom. The highest BCUT2D eigenvalue weighted by Crippen LogP contribution is 2.30. The van der Waals surface area contributed by atoms with Crippen LogP contribution in [0.5, 0.6) is 0 Å². The van der Waals surface area contributed by atoms with Gasteiger partial charge in [-0.2, -0.15) is 13.2 Å². The van der Waals surface area contributed by atoms with E-state index in [0.29, 0.717) is 24.1 Å². The highest BCUT2D eigenvalue weighted by Gasteiger charge is 2.33. The molecule has 0 spiro atoms. The van der Waals surface area contributed by atoms with Crippen LogP contribution in [-0.4, -0.2) is 34.4 Å². The van der Waals surface area contributed by atoms with Crippen molar-refractivity contribution in [2.24, 2.45) is 4.99 Å². The molecule has 0 aliphatic heterocycles. The Kier molecular flexibility index (Phi) is 6.36. The van der Waals surface area contributed by atoms with Crippen molar-refractivity contribution >= 4 is 28.6 Å². The fourth-order valence-corrected chi connectivity index (χ4v) is 4.81. The van der Waals surface area contributed by atoms with E-state index in [-0.39, 0.29) is 6.54 Å². The standard InChI is InChI=1S/C17H22F3N5S2/c1-3-21-16(22-8-14-24-13(10-26-14)17(18,19)20)25(2)9-15-23-11-6-4-5-7-12(11)27-15/h10H,3-9H2,1-2H3,(H,21,22). The number of aryl methyl sites for hydroxylation is 2. The number of guanidine groups is 1. The van der Waals surface area contributed by atoms with Gasteiger partial charge in [-0.3, -0.25) is 0 Å². The van der Waals surface area contributed by atoms with Gasteiger partial charge >= 0.3 is 6.18 Å².